The first-order valence-electron chi connectivity index (χ1n) is 8.89. The largest absolute Gasteiger partial charge is 0.493 e. The molecule has 0 atom stereocenters. The fourth-order valence-electron chi connectivity index (χ4n) is 2.79. The van der Waals surface area contributed by atoms with Crippen LogP contribution in [0.5, 0.6) is 11.5 Å². The first-order chi connectivity index (χ1) is 14.4. The summed E-state index contributed by atoms with van der Waals surface area (Å²) in [4.78, 5) is 37.5. The van der Waals surface area contributed by atoms with Crippen molar-refractivity contribution in [2.45, 2.75) is 13.5 Å². The van der Waals surface area contributed by atoms with Crippen LogP contribution in [-0.2, 0) is 16.1 Å². The monoisotopic (exact) mass is 478 g/mol. The van der Waals surface area contributed by atoms with Gasteiger partial charge in [0.1, 0.15) is 11.5 Å². The van der Waals surface area contributed by atoms with Crippen LogP contribution < -0.4 is 14.8 Å². The zero-order valence-electron chi connectivity index (χ0n) is 16.5. The summed E-state index contributed by atoms with van der Waals surface area (Å²) < 4.78 is 21.4. The number of carbonyl (C=O) groups is 3. The van der Waals surface area contributed by atoms with Crippen LogP contribution in [0, 0.1) is 0 Å². The van der Waals surface area contributed by atoms with E-state index >= 15 is 0 Å². The Balaban J connectivity index is 1.83. The summed E-state index contributed by atoms with van der Waals surface area (Å²) in [6.45, 7) is 2.15. The quantitative estimate of drug-likeness (QED) is 0.369. The Morgan fingerprint density at radius 2 is 2.00 bits per heavy atom. The third kappa shape index (κ3) is 4.33. The minimum atomic E-state index is -0.645. The summed E-state index contributed by atoms with van der Waals surface area (Å²) in [5, 5.41) is 2.54. The third-order valence-electron chi connectivity index (χ3n) is 4.21. The number of imide groups is 1. The van der Waals surface area contributed by atoms with Gasteiger partial charge in [-0.05, 0) is 42.8 Å². The van der Waals surface area contributed by atoms with Crippen molar-refractivity contribution >= 4 is 39.9 Å². The molecule has 1 fully saturated rings. The van der Waals surface area contributed by atoms with Crippen molar-refractivity contribution in [3.8, 4) is 11.5 Å². The highest BCUT2D eigenvalue weighted by atomic mass is 79.9. The molecule has 10 heteroatoms. The van der Waals surface area contributed by atoms with E-state index in [1.54, 1.807) is 12.1 Å². The second-order valence-electron chi connectivity index (χ2n) is 6.09. The number of urea groups is 1. The number of esters is 1. The molecule has 9 nitrogen and oxygen atoms in total. The molecule has 0 spiro atoms. The van der Waals surface area contributed by atoms with E-state index in [0.717, 1.165) is 4.90 Å². The molecule has 158 valence electrons. The molecule has 0 saturated carbocycles. The zero-order valence-corrected chi connectivity index (χ0v) is 18.1. The summed E-state index contributed by atoms with van der Waals surface area (Å²) in [6, 6.07) is 5.74. The van der Waals surface area contributed by atoms with Crippen molar-refractivity contribution in [2.75, 3.05) is 20.8 Å². The molecule has 0 radical (unpaired) electrons. The second-order valence-corrected chi connectivity index (χ2v) is 6.95. The Morgan fingerprint density at radius 1 is 1.23 bits per heavy atom. The van der Waals surface area contributed by atoms with Gasteiger partial charge in [0.2, 0.25) is 5.76 Å². The molecule has 3 rings (SSSR count). The Kier molecular flexibility index (Phi) is 6.46. The van der Waals surface area contributed by atoms with Gasteiger partial charge in [0.15, 0.2) is 11.5 Å². The van der Waals surface area contributed by atoms with Crippen molar-refractivity contribution < 1.29 is 33.0 Å². The molecule has 0 unspecified atom stereocenters. The Labute approximate surface area is 180 Å². The lowest BCUT2D eigenvalue weighted by Gasteiger charge is -2.12. The molecular weight excluding hydrogens is 460 g/mol. The molecule has 3 amide bonds. The first kappa shape index (κ1) is 21.4. The van der Waals surface area contributed by atoms with Gasteiger partial charge in [0, 0.05) is 4.47 Å². The molecule has 1 aromatic heterocycles. The fourth-order valence-corrected chi connectivity index (χ4v) is 3.23. The summed E-state index contributed by atoms with van der Waals surface area (Å²) >= 11 is 3.43. The average Bonchev–Trinajstić information content (AvgIpc) is 3.30. The standard InChI is InChI=1S/C20H19BrN2O7/c1-4-29-17-8-11(13(21)9-16(17)27-2)7-14-18(24)23(20(26)22-14)10-12-5-6-15(30-12)19(25)28-3/h5-9H,4,10H2,1-3H3,(H,22,26). The average molecular weight is 479 g/mol. The summed E-state index contributed by atoms with van der Waals surface area (Å²) in [6.07, 6.45) is 1.54. The molecule has 2 heterocycles. The number of hydrogen-bond donors (Lipinski definition) is 1. The lowest BCUT2D eigenvalue weighted by atomic mass is 10.1. The number of ether oxygens (including phenoxy) is 3. The van der Waals surface area contributed by atoms with E-state index in [9.17, 15) is 14.4 Å². The Morgan fingerprint density at radius 3 is 2.67 bits per heavy atom. The van der Waals surface area contributed by atoms with Crippen LogP contribution in [-0.4, -0.2) is 43.6 Å². The third-order valence-corrected chi connectivity index (χ3v) is 4.89. The first-order valence-corrected chi connectivity index (χ1v) is 9.69. The Bertz CT molecular complexity index is 1030. The van der Waals surface area contributed by atoms with Gasteiger partial charge >= 0.3 is 12.0 Å². The molecule has 2 aromatic rings. The number of hydrogen-bond acceptors (Lipinski definition) is 7. The number of benzene rings is 1. The van der Waals surface area contributed by atoms with Gasteiger partial charge in [-0.25, -0.2) is 9.59 Å². The van der Waals surface area contributed by atoms with Crippen molar-refractivity contribution in [1.29, 1.82) is 0 Å². The number of halogens is 1. The minimum Gasteiger partial charge on any atom is -0.493 e. The van der Waals surface area contributed by atoms with Gasteiger partial charge in [-0.3, -0.25) is 9.69 Å². The fraction of sp³-hybridized carbons (Fsp3) is 0.250. The summed E-state index contributed by atoms with van der Waals surface area (Å²) in [5.74, 6) is 0.124. The second kappa shape index (κ2) is 9.04. The van der Waals surface area contributed by atoms with E-state index in [0.29, 0.717) is 28.1 Å². The van der Waals surface area contributed by atoms with Crippen LogP contribution in [0.1, 0.15) is 28.8 Å². The molecule has 1 N–H and O–H groups in total. The van der Waals surface area contributed by atoms with Crippen molar-refractivity contribution in [3.05, 3.63) is 51.5 Å². The summed E-state index contributed by atoms with van der Waals surface area (Å²) in [7, 11) is 2.76. The molecule has 1 aliphatic rings. The van der Waals surface area contributed by atoms with E-state index in [-0.39, 0.29) is 23.8 Å². The van der Waals surface area contributed by atoms with Crippen molar-refractivity contribution in [2.24, 2.45) is 0 Å². The van der Waals surface area contributed by atoms with Gasteiger partial charge in [0.25, 0.3) is 5.91 Å². The van der Waals surface area contributed by atoms with Gasteiger partial charge < -0.3 is 23.9 Å². The predicted molar refractivity (Wildman–Crippen MR) is 109 cm³/mol. The van der Waals surface area contributed by atoms with E-state index in [4.69, 9.17) is 13.9 Å². The number of carbonyl (C=O) groups excluding carboxylic acids is 3. The van der Waals surface area contributed by atoms with Crippen LogP contribution >= 0.6 is 15.9 Å². The maximum absolute atomic E-state index is 12.7. The van der Waals surface area contributed by atoms with Crippen LogP contribution in [0.15, 0.2) is 38.9 Å². The highest BCUT2D eigenvalue weighted by Crippen LogP contribution is 2.35. The highest BCUT2D eigenvalue weighted by Gasteiger charge is 2.34. The number of methoxy groups -OCH3 is 2. The number of furan rings is 1. The molecule has 0 bridgehead atoms. The lowest BCUT2D eigenvalue weighted by Crippen LogP contribution is -2.30. The van der Waals surface area contributed by atoms with Crippen LogP contribution in [0.2, 0.25) is 0 Å². The molecule has 0 aliphatic carbocycles. The Hall–Kier alpha value is -3.27. The highest BCUT2D eigenvalue weighted by molar-refractivity contribution is 9.10. The van der Waals surface area contributed by atoms with Crippen molar-refractivity contribution in [3.63, 3.8) is 0 Å². The van der Waals surface area contributed by atoms with E-state index in [2.05, 4.69) is 26.0 Å². The van der Waals surface area contributed by atoms with Gasteiger partial charge in [-0.15, -0.1) is 0 Å². The molecule has 1 aromatic carbocycles. The maximum atomic E-state index is 12.7. The molecule has 1 saturated heterocycles. The van der Waals surface area contributed by atoms with Gasteiger partial charge in [0.05, 0.1) is 27.4 Å². The number of nitrogens with one attached hydrogen (secondary N) is 1. The van der Waals surface area contributed by atoms with Crippen LogP contribution in [0.4, 0.5) is 4.79 Å². The SMILES string of the molecule is CCOc1cc(C=C2NC(=O)N(Cc3ccc(C(=O)OC)o3)C2=O)c(Br)cc1OC. The van der Waals surface area contributed by atoms with Crippen LogP contribution in [0.25, 0.3) is 6.08 Å². The molecular formula is C20H19BrN2O7. The van der Waals surface area contributed by atoms with Crippen molar-refractivity contribution in [1.82, 2.24) is 10.2 Å². The predicted octanol–water partition coefficient (Wildman–Crippen LogP) is 3.33. The van der Waals surface area contributed by atoms with E-state index < -0.39 is 17.9 Å². The van der Waals surface area contributed by atoms with Crippen LogP contribution in [0.3, 0.4) is 0 Å². The number of rotatable bonds is 7. The lowest BCUT2D eigenvalue weighted by molar-refractivity contribution is -0.123. The number of amides is 3. The van der Waals surface area contributed by atoms with Gasteiger partial charge in [-0.2, -0.15) is 0 Å². The van der Waals surface area contributed by atoms with Gasteiger partial charge in [-0.1, -0.05) is 15.9 Å². The number of nitrogens with zero attached hydrogens (tertiary/aromatic N) is 1. The molecule has 30 heavy (non-hydrogen) atoms. The maximum Gasteiger partial charge on any atom is 0.373 e. The smallest absolute Gasteiger partial charge is 0.373 e. The summed E-state index contributed by atoms with van der Waals surface area (Å²) in [5.41, 5.74) is 0.712. The molecule has 1 aliphatic heterocycles. The zero-order chi connectivity index (χ0) is 21.8. The van der Waals surface area contributed by atoms with E-state index in [1.807, 2.05) is 6.92 Å². The normalized spacial score (nSPS) is 14.8. The topological polar surface area (TPSA) is 107 Å². The van der Waals surface area contributed by atoms with E-state index in [1.165, 1.54) is 32.4 Å². The minimum absolute atomic E-state index is 0.0130.